The number of nitrogens with one attached hydrogen (secondary N) is 1. The summed E-state index contributed by atoms with van der Waals surface area (Å²) in [5.41, 5.74) is 0.736. The Morgan fingerprint density at radius 3 is 2.95 bits per heavy atom. The van der Waals surface area contributed by atoms with E-state index in [4.69, 9.17) is 21.4 Å². The van der Waals surface area contributed by atoms with Crippen molar-refractivity contribution in [2.75, 3.05) is 20.3 Å². The second kappa shape index (κ2) is 7.81. The molecule has 2 N–H and O–H groups in total. The Balaban J connectivity index is 2.65. The van der Waals surface area contributed by atoms with E-state index in [1.807, 2.05) is 6.92 Å². The lowest BCUT2D eigenvalue weighted by atomic mass is 10.2. The second-order valence-corrected chi connectivity index (χ2v) is 4.69. The Labute approximate surface area is 118 Å². The van der Waals surface area contributed by atoms with Crippen LogP contribution in [-0.4, -0.2) is 31.3 Å². The number of carbonyl (C=O) groups excluding carboxylic acids is 1. The maximum absolute atomic E-state index is 11.6. The van der Waals surface area contributed by atoms with Gasteiger partial charge in [-0.3, -0.25) is 4.79 Å². The molecular weight excluding hydrogens is 266 g/mol. The van der Waals surface area contributed by atoms with Gasteiger partial charge in [0.1, 0.15) is 5.75 Å². The molecule has 0 aliphatic rings. The van der Waals surface area contributed by atoms with Gasteiger partial charge in [-0.25, -0.2) is 0 Å². The lowest BCUT2D eigenvalue weighted by Gasteiger charge is -2.08. The lowest BCUT2D eigenvalue weighted by Crippen LogP contribution is -2.27. The number of aliphatic hydroxyl groups is 1. The maximum Gasteiger partial charge on any atom is 0.244 e. The van der Waals surface area contributed by atoms with Crippen molar-refractivity contribution in [3.05, 3.63) is 34.9 Å². The molecule has 1 atom stereocenters. The summed E-state index contributed by atoms with van der Waals surface area (Å²) < 4.78 is 5.17. The predicted octanol–water partition coefficient (Wildman–Crippen LogP) is 2.11. The van der Waals surface area contributed by atoms with E-state index in [2.05, 4.69) is 5.32 Å². The van der Waals surface area contributed by atoms with E-state index >= 15 is 0 Å². The fourth-order valence-electron chi connectivity index (χ4n) is 1.40. The van der Waals surface area contributed by atoms with Gasteiger partial charge in [0.15, 0.2) is 0 Å². The second-order valence-electron chi connectivity index (χ2n) is 4.25. The topological polar surface area (TPSA) is 58.6 Å². The first-order valence-electron chi connectivity index (χ1n) is 5.97. The average molecular weight is 284 g/mol. The van der Waals surface area contributed by atoms with Crippen LogP contribution < -0.4 is 10.1 Å². The zero-order valence-electron chi connectivity index (χ0n) is 11.0. The average Bonchev–Trinajstić information content (AvgIpc) is 2.42. The summed E-state index contributed by atoms with van der Waals surface area (Å²) in [5, 5.41) is 12.1. The van der Waals surface area contributed by atoms with E-state index < -0.39 is 0 Å². The van der Waals surface area contributed by atoms with Gasteiger partial charge in [-0.05, 0) is 30.2 Å². The number of amides is 1. The van der Waals surface area contributed by atoms with Crippen LogP contribution in [0, 0.1) is 5.92 Å². The van der Waals surface area contributed by atoms with Crippen LogP contribution in [-0.2, 0) is 4.79 Å². The molecule has 1 unspecified atom stereocenters. The molecule has 0 aliphatic carbocycles. The normalized spacial score (nSPS) is 12.4. The molecule has 0 bridgehead atoms. The van der Waals surface area contributed by atoms with Crippen LogP contribution in [0.5, 0.6) is 5.75 Å². The van der Waals surface area contributed by atoms with E-state index in [0.717, 1.165) is 5.56 Å². The lowest BCUT2D eigenvalue weighted by molar-refractivity contribution is -0.116. The number of benzene rings is 1. The quantitative estimate of drug-likeness (QED) is 0.786. The van der Waals surface area contributed by atoms with Crippen LogP contribution >= 0.6 is 11.6 Å². The number of aliphatic hydroxyl groups excluding tert-OH is 1. The zero-order chi connectivity index (χ0) is 14.3. The molecule has 1 aromatic rings. The van der Waals surface area contributed by atoms with Crippen LogP contribution in [0.15, 0.2) is 24.3 Å². The Morgan fingerprint density at radius 2 is 2.32 bits per heavy atom. The number of carbonyl (C=O) groups is 1. The number of ether oxygens (including phenoxy) is 1. The van der Waals surface area contributed by atoms with Crippen molar-refractivity contribution in [1.29, 1.82) is 0 Å². The largest absolute Gasteiger partial charge is 0.496 e. The predicted molar refractivity (Wildman–Crippen MR) is 76.3 cm³/mol. The monoisotopic (exact) mass is 283 g/mol. The minimum Gasteiger partial charge on any atom is -0.496 e. The summed E-state index contributed by atoms with van der Waals surface area (Å²) in [6.07, 6.45) is 3.06. The van der Waals surface area contributed by atoms with Gasteiger partial charge in [0.25, 0.3) is 0 Å². The molecule has 104 valence electrons. The smallest absolute Gasteiger partial charge is 0.244 e. The first kappa shape index (κ1) is 15.5. The van der Waals surface area contributed by atoms with E-state index in [0.29, 0.717) is 17.3 Å². The summed E-state index contributed by atoms with van der Waals surface area (Å²) in [4.78, 5) is 11.6. The minimum atomic E-state index is -0.220. The molecule has 0 radical (unpaired) electrons. The third-order valence-electron chi connectivity index (χ3n) is 2.54. The molecule has 5 heteroatoms. The van der Waals surface area contributed by atoms with Gasteiger partial charge in [-0.1, -0.05) is 18.5 Å². The van der Waals surface area contributed by atoms with Crippen molar-refractivity contribution in [3.63, 3.8) is 0 Å². The van der Waals surface area contributed by atoms with Crippen LogP contribution in [0.1, 0.15) is 12.5 Å². The molecule has 19 heavy (non-hydrogen) atoms. The molecule has 1 aromatic carbocycles. The summed E-state index contributed by atoms with van der Waals surface area (Å²) in [5.74, 6) is 0.470. The highest BCUT2D eigenvalue weighted by molar-refractivity contribution is 6.30. The zero-order valence-corrected chi connectivity index (χ0v) is 11.8. The van der Waals surface area contributed by atoms with Crippen LogP contribution in [0.4, 0.5) is 0 Å². The SMILES string of the molecule is COc1ccc(Cl)cc1/C=C/C(=O)NCC(C)CO. The van der Waals surface area contributed by atoms with Gasteiger partial charge in [-0.2, -0.15) is 0 Å². The molecule has 1 amide bonds. The van der Waals surface area contributed by atoms with E-state index in [-0.39, 0.29) is 18.4 Å². The van der Waals surface area contributed by atoms with Gasteiger partial charge < -0.3 is 15.2 Å². The Morgan fingerprint density at radius 1 is 1.58 bits per heavy atom. The van der Waals surface area contributed by atoms with Gasteiger partial charge in [0.2, 0.25) is 5.91 Å². The fraction of sp³-hybridized carbons (Fsp3) is 0.357. The van der Waals surface area contributed by atoms with Crippen LogP contribution in [0.3, 0.4) is 0 Å². The highest BCUT2D eigenvalue weighted by Crippen LogP contribution is 2.23. The van der Waals surface area contributed by atoms with Gasteiger partial charge in [-0.15, -0.1) is 0 Å². The summed E-state index contributed by atoms with van der Waals surface area (Å²) in [6.45, 7) is 2.34. The molecule has 1 rings (SSSR count). The molecule has 0 saturated carbocycles. The van der Waals surface area contributed by atoms with Crippen molar-refractivity contribution in [2.24, 2.45) is 5.92 Å². The van der Waals surface area contributed by atoms with Gasteiger partial charge in [0, 0.05) is 29.8 Å². The first-order chi connectivity index (χ1) is 9.06. The minimum absolute atomic E-state index is 0.0399. The molecule has 0 aliphatic heterocycles. The highest BCUT2D eigenvalue weighted by Gasteiger charge is 2.03. The van der Waals surface area contributed by atoms with Crippen molar-refractivity contribution in [2.45, 2.75) is 6.92 Å². The van der Waals surface area contributed by atoms with Crippen molar-refractivity contribution >= 4 is 23.6 Å². The van der Waals surface area contributed by atoms with Gasteiger partial charge >= 0.3 is 0 Å². The summed E-state index contributed by atoms with van der Waals surface area (Å²) in [7, 11) is 1.56. The Hall–Kier alpha value is -1.52. The molecular formula is C14H18ClNO3. The Kier molecular flexibility index (Phi) is 6.39. The summed E-state index contributed by atoms with van der Waals surface area (Å²) in [6, 6.07) is 5.19. The number of hydrogen-bond donors (Lipinski definition) is 2. The number of methoxy groups -OCH3 is 1. The molecule has 0 spiro atoms. The van der Waals surface area contributed by atoms with E-state index in [1.54, 1.807) is 31.4 Å². The van der Waals surface area contributed by atoms with Crippen molar-refractivity contribution in [1.82, 2.24) is 5.32 Å². The summed E-state index contributed by atoms with van der Waals surface area (Å²) >= 11 is 5.89. The molecule has 0 saturated heterocycles. The molecule has 0 fully saturated rings. The number of halogens is 1. The van der Waals surface area contributed by atoms with Crippen LogP contribution in [0.2, 0.25) is 5.02 Å². The fourth-order valence-corrected chi connectivity index (χ4v) is 1.58. The molecule has 4 nitrogen and oxygen atoms in total. The van der Waals surface area contributed by atoms with Gasteiger partial charge in [0.05, 0.1) is 7.11 Å². The Bertz CT molecular complexity index is 460. The van der Waals surface area contributed by atoms with E-state index in [9.17, 15) is 4.79 Å². The third-order valence-corrected chi connectivity index (χ3v) is 2.78. The molecule has 0 aromatic heterocycles. The molecule has 0 heterocycles. The third kappa shape index (κ3) is 5.32. The van der Waals surface area contributed by atoms with Crippen molar-refractivity contribution < 1.29 is 14.6 Å². The maximum atomic E-state index is 11.6. The number of rotatable bonds is 6. The van der Waals surface area contributed by atoms with Crippen LogP contribution in [0.25, 0.3) is 6.08 Å². The first-order valence-corrected chi connectivity index (χ1v) is 6.35. The highest BCUT2D eigenvalue weighted by atomic mass is 35.5. The number of hydrogen-bond acceptors (Lipinski definition) is 3. The van der Waals surface area contributed by atoms with E-state index in [1.165, 1.54) is 6.08 Å². The standard InChI is InChI=1S/C14H18ClNO3/c1-10(9-17)8-16-14(18)6-3-11-7-12(15)4-5-13(11)19-2/h3-7,10,17H,8-9H2,1-2H3,(H,16,18)/b6-3+. The van der Waals surface area contributed by atoms with Crippen molar-refractivity contribution in [3.8, 4) is 5.75 Å².